The molecule has 10 heteroatoms. The Hall–Kier alpha value is -3.14. The number of hydrogen-bond donors (Lipinski definition) is 1. The van der Waals surface area contributed by atoms with E-state index in [9.17, 15) is 13.2 Å². The average molecular weight is 456 g/mol. The average Bonchev–Trinajstić information content (AvgIpc) is 3.24. The molecule has 1 aliphatic carbocycles. The number of aromatic nitrogens is 4. The number of nitrogens with zero attached hydrogens (tertiary/aromatic N) is 5. The number of nitrogens with one attached hydrogen (secondary N) is 1. The van der Waals surface area contributed by atoms with Crippen LogP contribution in [0, 0.1) is 0 Å². The van der Waals surface area contributed by atoms with Gasteiger partial charge < -0.3 is 15.0 Å². The van der Waals surface area contributed by atoms with Crippen LogP contribution in [0.3, 0.4) is 0 Å². The summed E-state index contributed by atoms with van der Waals surface area (Å²) >= 11 is 0. The number of hydrogen-bond acceptors (Lipinski definition) is 6. The zero-order valence-electron chi connectivity index (χ0n) is 17.8. The molecule has 7 nitrogen and oxygen atoms in total. The molecule has 1 atom stereocenters. The Balaban J connectivity index is 1.16. The first-order valence-corrected chi connectivity index (χ1v) is 11.1. The van der Waals surface area contributed by atoms with Crippen LogP contribution in [0.25, 0.3) is 16.9 Å². The number of piperidine rings is 1. The zero-order valence-corrected chi connectivity index (χ0v) is 17.8. The lowest BCUT2D eigenvalue weighted by Crippen LogP contribution is -2.61. The van der Waals surface area contributed by atoms with Gasteiger partial charge in [0.05, 0.1) is 30.0 Å². The fraction of sp³-hybridized carbons (Fsp3) is 0.435. The van der Waals surface area contributed by atoms with Crippen LogP contribution in [-0.4, -0.2) is 57.0 Å². The molecule has 1 N–H and O–H groups in total. The molecule has 6 rings (SSSR count). The van der Waals surface area contributed by atoms with Crippen molar-refractivity contribution in [2.24, 2.45) is 0 Å². The van der Waals surface area contributed by atoms with Crippen molar-refractivity contribution >= 4 is 5.82 Å². The van der Waals surface area contributed by atoms with E-state index < -0.39 is 24.7 Å². The molecule has 3 aromatic heterocycles. The molecular formula is C23H23F3N6O. The summed E-state index contributed by atoms with van der Waals surface area (Å²) in [6, 6.07) is 6.24. The van der Waals surface area contributed by atoms with Gasteiger partial charge in [-0.1, -0.05) is 0 Å². The van der Waals surface area contributed by atoms with Gasteiger partial charge in [0, 0.05) is 30.5 Å². The van der Waals surface area contributed by atoms with Crippen molar-refractivity contribution < 1.29 is 17.9 Å². The van der Waals surface area contributed by atoms with E-state index >= 15 is 0 Å². The number of pyridine rings is 2. The maximum atomic E-state index is 14.8. The smallest absolute Gasteiger partial charge is 0.280 e. The Labute approximate surface area is 188 Å². The van der Waals surface area contributed by atoms with E-state index in [1.165, 1.54) is 0 Å². The predicted molar refractivity (Wildman–Crippen MR) is 116 cm³/mol. The Morgan fingerprint density at radius 2 is 2.03 bits per heavy atom. The fourth-order valence-electron chi connectivity index (χ4n) is 4.72. The monoisotopic (exact) mass is 456 g/mol. The van der Waals surface area contributed by atoms with Crippen LogP contribution in [0.5, 0.6) is 5.88 Å². The SMILES string of the molecule is FC1CC(NC2CCN(c3ccc(-n4cc5c(n4)-c4cccnc4OC5)cn3)CC2(F)F)C1. The molecule has 5 heterocycles. The Kier molecular flexibility index (Phi) is 4.79. The number of alkyl halides is 3. The van der Waals surface area contributed by atoms with Crippen LogP contribution in [0.1, 0.15) is 24.8 Å². The van der Waals surface area contributed by atoms with Gasteiger partial charge in [0.2, 0.25) is 5.88 Å². The van der Waals surface area contributed by atoms with Gasteiger partial charge in [-0.3, -0.25) is 0 Å². The summed E-state index contributed by atoms with van der Waals surface area (Å²) in [5, 5.41) is 7.62. The van der Waals surface area contributed by atoms with Crippen LogP contribution < -0.4 is 15.0 Å². The number of ether oxygens (including phenoxy) is 1. The molecule has 0 radical (unpaired) electrons. The van der Waals surface area contributed by atoms with E-state index in [0.29, 0.717) is 37.7 Å². The van der Waals surface area contributed by atoms with Crippen molar-refractivity contribution in [2.75, 3.05) is 18.0 Å². The molecule has 1 unspecified atom stereocenters. The zero-order chi connectivity index (χ0) is 22.6. The molecule has 1 saturated heterocycles. The largest absolute Gasteiger partial charge is 0.472 e. The fourth-order valence-corrected chi connectivity index (χ4v) is 4.72. The molecule has 0 amide bonds. The second-order valence-corrected chi connectivity index (χ2v) is 8.92. The second-order valence-electron chi connectivity index (χ2n) is 8.92. The Bertz CT molecular complexity index is 1160. The van der Waals surface area contributed by atoms with E-state index in [4.69, 9.17) is 4.74 Å². The number of fused-ring (bicyclic) bond motifs is 3. The molecule has 0 spiro atoms. The Morgan fingerprint density at radius 1 is 1.15 bits per heavy atom. The van der Waals surface area contributed by atoms with Crippen molar-refractivity contribution in [3.8, 4) is 22.8 Å². The van der Waals surface area contributed by atoms with Gasteiger partial charge in [-0.25, -0.2) is 27.8 Å². The molecule has 1 saturated carbocycles. The van der Waals surface area contributed by atoms with Crippen LogP contribution in [0.4, 0.5) is 19.0 Å². The predicted octanol–water partition coefficient (Wildman–Crippen LogP) is 3.53. The van der Waals surface area contributed by atoms with E-state index in [1.54, 1.807) is 28.0 Å². The highest BCUT2D eigenvalue weighted by Crippen LogP contribution is 2.35. The highest BCUT2D eigenvalue weighted by molar-refractivity contribution is 5.69. The number of halogens is 3. The molecular weight excluding hydrogens is 433 g/mol. The quantitative estimate of drug-likeness (QED) is 0.648. The van der Waals surface area contributed by atoms with Gasteiger partial charge >= 0.3 is 0 Å². The summed E-state index contributed by atoms with van der Waals surface area (Å²) in [4.78, 5) is 10.3. The third-order valence-corrected chi connectivity index (χ3v) is 6.62. The minimum Gasteiger partial charge on any atom is -0.472 e. The first-order chi connectivity index (χ1) is 16.0. The molecule has 2 aliphatic heterocycles. The molecule has 0 bridgehead atoms. The van der Waals surface area contributed by atoms with Crippen molar-refractivity contribution in [1.82, 2.24) is 25.1 Å². The van der Waals surface area contributed by atoms with Crippen LogP contribution >= 0.6 is 0 Å². The number of anilines is 1. The first kappa shape index (κ1) is 20.5. The van der Waals surface area contributed by atoms with E-state index in [0.717, 1.165) is 22.5 Å². The summed E-state index contributed by atoms with van der Waals surface area (Å²) < 4.78 is 50.0. The van der Waals surface area contributed by atoms with Gasteiger partial charge in [0.25, 0.3) is 5.92 Å². The van der Waals surface area contributed by atoms with Crippen LogP contribution in [0.15, 0.2) is 42.9 Å². The van der Waals surface area contributed by atoms with Crippen LogP contribution in [-0.2, 0) is 6.61 Å². The Morgan fingerprint density at radius 3 is 2.79 bits per heavy atom. The minimum absolute atomic E-state index is 0.145. The van der Waals surface area contributed by atoms with E-state index in [-0.39, 0.29) is 12.5 Å². The molecule has 33 heavy (non-hydrogen) atoms. The van der Waals surface area contributed by atoms with Crippen LogP contribution in [0.2, 0.25) is 0 Å². The normalized spacial score (nSPS) is 25.5. The van der Waals surface area contributed by atoms with Gasteiger partial charge in [-0.05, 0) is 43.5 Å². The summed E-state index contributed by atoms with van der Waals surface area (Å²) in [6.07, 6.45) is 5.27. The molecule has 3 aromatic rings. The maximum Gasteiger partial charge on any atom is 0.280 e. The van der Waals surface area contributed by atoms with Crippen molar-refractivity contribution in [3.63, 3.8) is 0 Å². The summed E-state index contributed by atoms with van der Waals surface area (Å²) in [5.74, 6) is -1.86. The summed E-state index contributed by atoms with van der Waals surface area (Å²) in [7, 11) is 0. The lowest BCUT2D eigenvalue weighted by atomic mass is 9.88. The maximum absolute atomic E-state index is 14.8. The molecule has 172 valence electrons. The topological polar surface area (TPSA) is 68.1 Å². The molecule has 0 aromatic carbocycles. The van der Waals surface area contributed by atoms with Gasteiger partial charge in [0.15, 0.2) is 0 Å². The van der Waals surface area contributed by atoms with E-state index in [2.05, 4.69) is 20.4 Å². The van der Waals surface area contributed by atoms with E-state index in [1.807, 2.05) is 24.4 Å². The van der Waals surface area contributed by atoms with Gasteiger partial charge in [-0.15, -0.1) is 0 Å². The second kappa shape index (κ2) is 7.72. The highest BCUT2D eigenvalue weighted by atomic mass is 19.3. The third kappa shape index (κ3) is 3.72. The molecule has 3 aliphatic rings. The minimum atomic E-state index is -2.91. The standard InChI is InChI=1S/C23H23F3N6O/c24-15-8-16(9-15)29-19-5-7-31(13-23(19,25)26)20-4-3-17(10-28-20)32-11-14-12-33-22-18(21(14)30-32)2-1-6-27-22/h1-4,6,10-11,15-16,19,29H,5,7-9,12-13H2. The first-order valence-electron chi connectivity index (χ1n) is 11.1. The van der Waals surface area contributed by atoms with Crippen molar-refractivity contribution in [3.05, 3.63) is 48.4 Å². The number of rotatable bonds is 4. The lowest BCUT2D eigenvalue weighted by Gasteiger charge is -2.42. The van der Waals surface area contributed by atoms with Gasteiger partial charge in [0.1, 0.15) is 24.3 Å². The van der Waals surface area contributed by atoms with Crippen molar-refractivity contribution in [1.29, 1.82) is 0 Å². The van der Waals surface area contributed by atoms with Gasteiger partial charge in [-0.2, -0.15) is 5.10 Å². The third-order valence-electron chi connectivity index (χ3n) is 6.62. The summed E-state index contributed by atoms with van der Waals surface area (Å²) in [5.41, 5.74) is 3.32. The highest BCUT2D eigenvalue weighted by Gasteiger charge is 2.47. The summed E-state index contributed by atoms with van der Waals surface area (Å²) in [6.45, 7) is 0.429. The lowest BCUT2D eigenvalue weighted by molar-refractivity contribution is -0.0525. The molecule has 2 fully saturated rings. The van der Waals surface area contributed by atoms with Crippen molar-refractivity contribution in [2.45, 2.75) is 50.0 Å².